The van der Waals surface area contributed by atoms with Gasteiger partial charge in [-0.25, -0.2) is 9.78 Å². The number of fused-ring (bicyclic) bond motifs is 5. The van der Waals surface area contributed by atoms with E-state index >= 15 is 0 Å². The Hall–Kier alpha value is -4.43. The number of carboxylic acids is 1. The van der Waals surface area contributed by atoms with Crippen molar-refractivity contribution in [3.8, 4) is 22.5 Å². The molecule has 1 atom stereocenters. The first kappa shape index (κ1) is 22.7. The predicted molar refractivity (Wildman–Crippen MR) is 149 cm³/mol. The van der Waals surface area contributed by atoms with Crippen molar-refractivity contribution >= 4 is 33.6 Å². The smallest absolute Gasteiger partial charge is 0.335 e. The van der Waals surface area contributed by atoms with Gasteiger partial charge in [-0.2, -0.15) is 0 Å². The summed E-state index contributed by atoms with van der Waals surface area (Å²) in [5.41, 5.74) is 5.55. The maximum absolute atomic E-state index is 13.7. The lowest BCUT2D eigenvalue weighted by molar-refractivity contribution is 0.0697. The molecule has 0 aliphatic carbocycles. The molecule has 8 rings (SSSR count). The molecule has 38 heavy (non-hydrogen) atoms. The highest BCUT2D eigenvalue weighted by Crippen LogP contribution is 2.36. The summed E-state index contributed by atoms with van der Waals surface area (Å²) in [6, 6.07) is 20.8. The minimum atomic E-state index is -0.957. The Morgan fingerprint density at radius 3 is 2.42 bits per heavy atom. The molecular formula is C30H27N5O3. The number of aromatic nitrogens is 3. The number of rotatable bonds is 5. The van der Waals surface area contributed by atoms with Crippen molar-refractivity contribution in [3.05, 3.63) is 82.6 Å². The average molecular weight is 506 g/mol. The van der Waals surface area contributed by atoms with E-state index in [4.69, 9.17) is 4.98 Å². The Labute approximate surface area is 218 Å². The van der Waals surface area contributed by atoms with Crippen LogP contribution in [0.2, 0.25) is 0 Å². The summed E-state index contributed by atoms with van der Waals surface area (Å²) in [7, 11) is 0. The number of para-hydroxylation sites is 2. The first-order valence-corrected chi connectivity index (χ1v) is 13.0. The largest absolute Gasteiger partial charge is 0.478 e. The van der Waals surface area contributed by atoms with Gasteiger partial charge in [0.25, 0.3) is 5.56 Å². The molecule has 8 heteroatoms. The summed E-state index contributed by atoms with van der Waals surface area (Å²) in [5.74, 6) is 0.164. The van der Waals surface area contributed by atoms with Crippen LogP contribution in [0.15, 0.2) is 71.5 Å². The Kier molecular flexibility index (Phi) is 5.30. The molecule has 4 N–H and O–H groups in total. The fourth-order valence-corrected chi connectivity index (χ4v) is 6.04. The summed E-state index contributed by atoms with van der Waals surface area (Å²) in [6.45, 7) is 3.24. The van der Waals surface area contributed by atoms with Crippen LogP contribution in [-0.4, -0.2) is 56.6 Å². The zero-order chi connectivity index (χ0) is 25.8. The topological polar surface area (TPSA) is 114 Å². The number of H-pyrrole nitrogens is 2. The first-order chi connectivity index (χ1) is 18.5. The normalized spacial score (nSPS) is 20.7. The molecule has 3 fully saturated rings. The van der Waals surface area contributed by atoms with Crippen molar-refractivity contribution in [3.63, 3.8) is 0 Å². The zero-order valence-corrected chi connectivity index (χ0v) is 20.7. The number of carboxylic acid groups (broad SMARTS) is 1. The monoisotopic (exact) mass is 505 g/mol. The third-order valence-corrected chi connectivity index (χ3v) is 8.09. The predicted octanol–water partition coefficient (Wildman–Crippen LogP) is 4.94. The summed E-state index contributed by atoms with van der Waals surface area (Å²) < 4.78 is 0. The fourth-order valence-electron chi connectivity index (χ4n) is 6.04. The molecule has 5 aromatic rings. The second-order valence-electron chi connectivity index (χ2n) is 10.3. The number of aromatic amines is 2. The SMILES string of the molecule is O=C(O)c1ccc(-c2ccc3c(N[C@H]4CN5CCC4CC5)c(-c4nc5ccccc5[nH]4)c(=O)[nH]c3c2)cc1. The van der Waals surface area contributed by atoms with Crippen LogP contribution in [0.25, 0.3) is 44.5 Å². The number of imidazole rings is 1. The van der Waals surface area contributed by atoms with Crippen molar-refractivity contribution in [1.29, 1.82) is 0 Å². The van der Waals surface area contributed by atoms with Crippen molar-refractivity contribution in [2.24, 2.45) is 5.92 Å². The van der Waals surface area contributed by atoms with E-state index in [1.165, 1.54) is 0 Å². The maximum Gasteiger partial charge on any atom is 0.335 e. The molecule has 3 aliphatic heterocycles. The number of benzene rings is 3. The van der Waals surface area contributed by atoms with Crippen LogP contribution in [0.1, 0.15) is 23.2 Å². The van der Waals surface area contributed by atoms with Crippen LogP contribution in [0, 0.1) is 5.92 Å². The molecule has 3 aromatic carbocycles. The molecular weight excluding hydrogens is 478 g/mol. The summed E-state index contributed by atoms with van der Waals surface area (Å²) >= 11 is 0. The highest BCUT2D eigenvalue weighted by molar-refractivity contribution is 6.01. The lowest BCUT2D eigenvalue weighted by Crippen LogP contribution is -2.53. The summed E-state index contributed by atoms with van der Waals surface area (Å²) in [5, 5.41) is 14.0. The fraction of sp³-hybridized carbons (Fsp3) is 0.233. The lowest BCUT2D eigenvalue weighted by atomic mass is 9.83. The highest BCUT2D eigenvalue weighted by atomic mass is 16.4. The van der Waals surface area contributed by atoms with Crippen LogP contribution in [-0.2, 0) is 0 Å². The number of nitrogens with zero attached hydrogens (tertiary/aromatic N) is 2. The molecule has 0 saturated carbocycles. The van der Waals surface area contributed by atoms with Crippen LogP contribution in [0.5, 0.6) is 0 Å². The number of hydrogen-bond acceptors (Lipinski definition) is 5. The van der Waals surface area contributed by atoms with Crippen molar-refractivity contribution in [2.75, 3.05) is 25.0 Å². The Bertz CT molecular complexity index is 1710. The van der Waals surface area contributed by atoms with Crippen molar-refractivity contribution in [1.82, 2.24) is 19.9 Å². The lowest BCUT2D eigenvalue weighted by Gasteiger charge is -2.45. The van der Waals surface area contributed by atoms with E-state index < -0.39 is 5.97 Å². The van der Waals surface area contributed by atoms with Gasteiger partial charge in [-0.05, 0) is 73.3 Å². The van der Waals surface area contributed by atoms with Gasteiger partial charge in [0.2, 0.25) is 0 Å². The molecule has 5 heterocycles. The van der Waals surface area contributed by atoms with Crippen molar-refractivity contribution in [2.45, 2.75) is 18.9 Å². The van der Waals surface area contributed by atoms with Gasteiger partial charge in [-0.3, -0.25) is 4.79 Å². The van der Waals surface area contributed by atoms with Gasteiger partial charge < -0.3 is 25.3 Å². The van der Waals surface area contributed by atoms with Crippen LogP contribution in [0.4, 0.5) is 5.69 Å². The molecule has 190 valence electrons. The molecule has 2 bridgehead atoms. The van der Waals surface area contributed by atoms with E-state index in [-0.39, 0.29) is 17.2 Å². The zero-order valence-electron chi connectivity index (χ0n) is 20.7. The minimum absolute atomic E-state index is 0.210. The van der Waals surface area contributed by atoms with Gasteiger partial charge in [0.1, 0.15) is 11.4 Å². The highest BCUT2D eigenvalue weighted by Gasteiger charge is 2.35. The van der Waals surface area contributed by atoms with E-state index in [0.29, 0.717) is 17.3 Å². The number of piperidine rings is 3. The number of nitrogens with one attached hydrogen (secondary N) is 3. The third-order valence-electron chi connectivity index (χ3n) is 8.09. The Morgan fingerprint density at radius 2 is 1.71 bits per heavy atom. The third kappa shape index (κ3) is 3.85. The van der Waals surface area contributed by atoms with Crippen LogP contribution >= 0.6 is 0 Å². The number of aromatic carboxylic acids is 1. The van der Waals surface area contributed by atoms with E-state index in [1.807, 2.05) is 42.5 Å². The maximum atomic E-state index is 13.7. The van der Waals surface area contributed by atoms with E-state index in [2.05, 4.69) is 20.2 Å². The molecule has 2 aromatic heterocycles. The average Bonchev–Trinajstić information content (AvgIpc) is 3.37. The quantitative estimate of drug-likeness (QED) is 0.269. The van der Waals surface area contributed by atoms with Crippen LogP contribution in [0.3, 0.4) is 0 Å². The number of anilines is 1. The Morgan fingerprint density at radius 1 is 0.947 bits per heavy atom. The summed E-state index contributed by atoms with van der Waals surface area (Å²) in [6.07, 6.45) is 2.32. The van der Waals surface area contributed by atoms with Gasteiger partial charge in [0.05, 0.1) is 27.8 Å². The number of hydrogen-bond donors (Lipinski definition) is 4. The molecule has 3 saturated heterocycles. The molecule has 0 radical (unpaired) electrons. The van der Waals surface area contributed by atoms with E-state index in [9.17, 15) is 14.7 Å². The second kappa shape index (κ2) is 8.85. The molecule has 0 amide bonds. The minimum Gasteiger partial charge on any atom is -0.478 e. The summed E-state index contributed by atoms with van der Waals surface area (Å²) in [4.78, 5) is 38.6. The van der Waals surface area contributed by atoms with Gasteiger partial charge in [-0.15, -0.1) is 0 Å². The first-order valence-electron chi connectivity index (χ1n) is 13.0. The van der Waals surface area contributed by atoms with Gasteiger partial charge in [-0.1, -0.05) is 36.4 Å². The standard InChI is InChI=1S/C30H27N5O3/c36-29-26(28-32-22-3-1-2-4-23(22)33-28)27(31-25-16-35-13-11-18(25)12-14-35)21-10-9-20(15-24(21)34-29)17-5-7-19(8-6-17)30(37)38/h1-10,15,18,25H,11-14,16H2,(H,32,33)(H,37,38)(H2,31,34,36)/t25-/m0/s1. The van der Waals surface area contributed by atoms with E-state index in [0.717, 1.165) is 71.2 Å². The number of pyridine rings is 1. The molecule has 8 nitrogen and oxygen atoms in total. The van der Waals surface area contributed by atoms with Crippen LogP contribution < -0.4 is 10.9 Å². The molecule has 3 aliphatic rings. The second-order valence-corrected chi connectivity index (χ2v) is 10.3. The van der Waals surface area contributed by atoms with Gasteiger partial charge in [0.15, 0.2) is 0 Å². The van der Waals surface area contributed by atoms with Gasteiger partial charge >= 0.3 is 5.97 Å². The number of carbonyl (C=O) groups is 1. The Balaban J connectivity index is 1.38. The van der Waals surface area contributed by atoms with Crippen molar-refractivity contribution < 1.29 is 9.90 Å². The van der Waals surface area contributed by atoms with E-state index in [1.54, 1.807) is 24.3 Å². The van der Waals surface area contributed by atoms with Gasteiger partial charge in [0, 0.05) is 18.0 Å². The molecule has 0 unspecified atom stereocenters. The molecule has 0 spiro atoms.